The first-order chi connectivity index (χ1) is 33.7. The topological polar surface area (TPSA) is 189 Å². The Morgan fingerprint density at radius 1 is 0.594 bits per heavy atom. The van der Waals surface area contributed by atoms with Crippen LogP contribution in [0, 0.1) is 14.9 Å². The zero-order chi connectivity index (χ0) is 47.9. The van der Waals surface area contributed by atoms with Gasteiger partial charge < -0.3 is 20.4 Å². The number of nitrogens with zero attached hydrogens (tertiary/aromatic N) is 10. The number of aromatic amines is 1. The lowest BCUT2D eigenvalue weighted by Gasteiger charge is -2.28. The molecule has 354 valence electrons. The Balaban J connectivity index is 0.000000172. The van der Waals surface area contributed by atoms with Crippen LogP contribution in [0.1, 0.15) is 47.6 Å². The first-order valence-corrected chi connectivity index (χ1v) is 24.5. The number of imidazole rings is 2. The number of hydrogen-bond acceptors (Lipinski definition) is 11. The summed E-state index contributed by atoms with van der Waals surface area (Å²) in [6, 6.07) is 37.2. The summed E-state index contributed by atoms with van der Waals surface area (Å²) in [6.45, 7) is 10.3. The molecule has 0 aliphatic carbocycles. The predicted molar refractivity (Wildman–Crippen MR) is 278 cm³/mol. The second-order valence-corrected chi connectivity index (χ2v) is 18.3. The van der Waals surface area contributed by atoms with Crippen LogP contribution in [0.3, 0.4) is 0 Å². The second-order valence-electron chi connectivity index (χ2n) is 17.2. The van der Waals surface area contributed by atoms with Gasteiger partial charge in [0.05, 0.1) is 37.8 Å². The highest BCUT2D eigenvalue weighted by molar-refractivity contribution is 14.1. The van der Waals surface area contributed by atoms with Crippen molar-refractivity contribution in [2.24, 2.45) is 0 Å². The number of halogens is 1. The van der Waals surface area contributed by atoms with Crippen LogP contribution in [-0.2, 0) is 32.7 Å². The lowest BCUT2D eigenvalue weighted by molar-refractivity contribution is 0.570. The Morgan fingerprint density at radius 2 is 1.13 bits per heavy atom. The van der Waals surface area contributed by atoms with Crippen molar-refractivity contribution in [2.75, 3.05) is 62.2 Å². The van der Waals surface area contributed by atoms with Crippen molar-refractivity contribution in [1.29, 1.82) is 5.26 Å². The molecule has 0 unspecified atom stereocenters. The van der Waals surface area contributed by atoms with E-state index in [2.05, 4.69) is 66.2 Å². The molecule has 0 amide bonds. The van der Waals surface area contributed by atoms with E-state index < -0.39 is 11.2 Å². The fourth-order valence-electron chi connectivity index (χ4n) is 9.11. The molecule has 10 rings (SSSR count). The molecule has 2 fully saturated rings. The van der Waals surface area contributed by atoms with Crippen LogP contribution in [0.2, 0.25) is 0 Å². The Labute approximate surface area is 411 Å². The number of nitriles is 1. The summed E-state index contributed by atoms with van der Waals surface area (Å²) in [7, 11) is 0. The van der Waals surface area contributed by atoms with Gasteiger partial charge in [0.15, 0.2) is 22.3 Å². The number of hydrogen-bond donors (Lipinski definition) is 3. The molecule has 2 saturated heterocycles. The third kappa shape index (κ3) is 10.1. The van der Waals surface area contributed by atoms with Crippen molar-refractivity contribution < 1.29 is 0 Å². The molecule has 0 atom stereocenters. The summed E-state index contributed by atoms with van der Waals surface area (Å²) < 4.78 is 9.55. The zero-order valence-electron chi connectivity index (χ0n) is 38.5. The van der Waals surface area contributed by atoms with Crippen LogP contribution in [-0.4, -0.2) is 90.1 Å². The monoisotopic (exact) mass is 1040 g/mol. The van der Waals surface area contributed by atoms with Crippen LogP contribution < -0.4 is 42.9 Å². The number of aromatic nitrogens is 8. The summed E-state index contributed by atoms with van der Waals surface area (Å²) in [5.74, 6) is 1.37. The van der Waals surface area contributed by atoms with Crippen LogP contribution in [0.25, 0.3) is 22.3 Å². The number of benzene rings is 4. The van der Waals surface area contributed by atoms with Gasteiger partial charge in [0, 0.05) is 55.9 Å². The maximum atomic E-state index is 13.8. The maximum Gasteiger partial charge on any atom is 0.333 e. The highest BCUT2D eigenvalue weighted by Gasteiger charge is 2.27. The van der Waals surface area contributed by atoms with Crippen molar-refractivity contribution in [3.63, 3.8) is 0 Å². The van der Waals surface area contributed by atoms with Gasteiger partial charge in [0.25, 0.3) is 11.1 Å². The highest BCUT2D eigenvalue weighted by atomic mass is 127. The molecular weight excluding hydrogens is 986 g/mol. The third-order valence-corrected chi connectivity index (χ3v) is 13.6. The van der Waals surface area contributed by atoms with Gasteiger partial charge in [-0.1, -0.05) is 104 Å². The lowest BCUT2D eigenvalue weighted by atomic mass is 10.1. The van der Waals surface area contributed by atoms with Crippen molar-refractivity contribution in [1.82, 2.24) is 48.4 Å². The Kier molecular flexibility index (Phi) is 14.6. The largest absolute Gasteiger partial charge is 0.341 e. The molecule has 0 radical (unpaired) electrons. The summed E-state index contributed by atoms with van der Waals surface area (Å²) in [5.41, 5.74) is 4.45. The van der Waals surface area contributed by atoms with Gasteiger partial charge in [-0.2, -0.15) is 15.2 Å². The van der Waals surface area contributed by atoms with Crippen molar-refractivity contribution in [3.05, 3.63) is 182 Å². The van der Waals surface area contributed by atoms with Gasteiger partial charge >= 0.3 is 11.4 Å². The number of anilines is 2. The average molecular weight is 1040 g/mol. The first kappa shape index (κ1) is 47.0. The molecule has 4 aromatic carbocycles. The molecular formula is C51H54IN13O4. The van der Waals surface area contributed by atoms with E-state index in [4.69, 9.17) is 9.97 Å². The van der Waals surface area contributed by atoms with Crippen molar-refractivity contribution in [3.8, 4) is 6.07 Å². The fourth-order valence-corrected chi connectivity index (χ4v) is 9.67. The van der Waals surface area contributed by atoms with E-state index in [9.17, 15) is 24.4 Å². The summed E-state index contributed by atoms with van der Waals surface area (Å²) >= 11 is 2.34. The van der Waals surface area contributed by atoms with Gasteiger partial charge in [-0.15, -0.1) is 0 Å². The van der Waals surface area contributed by atoms with E-state index in [-0.39, 0.29) is 11.2 Å². The molecule has 17 nitrogen and oxygen atoms in total. The van der Waals surface area contributed by atoms with Crippen molar-refractivity contribution >= 4 is 56.8 Å². The van der Waals surface area contributed by atoms with Gasteiger partial charge in [-0.25, -0.2) is 9.59 Å². The minimum atomic E-state index is -0.493. The molecule has 0 spiro atoms. The van der Waals surface area contributed by atoms with Gasteiger partial charge in [0.2, 0.25) is 11.9 Å². The van der Waals surface area contributed by atoms with E-state index in [1.165, 1.54) is 9.13 Å². The van der Waals surface area contributed by atoms with E-state index in [1.807, 2.05) is 107 Å². The zero-order valence-corrected chi connectivity index (χ0v) is 40.6. The Hall–Kier alpha value is -7.08. The van der Waals surface area contributed by atoms with Crippen LogP contribution in [0.5, 0.6) is 0 Å². The van der Waals surface area contributed by atoms with Gasteiger partial charge in [-0.05, 0) is 76.4 Å². The average Bonchev–Trinajstić information content (AvgIpc) is 3.82. The van der Waals surface area contributed by atoms with Crippen LogP contribution in [0.4, 0.5) is 11.9 Å². The van der Waals surface area contributed by atoms with E-state index in [1.54, 1.807) is 10.6 Å². The number of H-pyrrole nitrogens is 1. The Morgan fingerprint density at radius 3 is 1.77 bits per heavy atom. The maximum absolute atomic E-state index is 13.8. The quantitative estimate of drug-likeness (QED) is 0.146. The summed E-state index contributed by atoms with van der Waals surface area (Å²) in [4.78, 5) is 70.0. The van der Waals surface area contributed by atoms with Crippen LogP contribution >= 0.6 is 22.6 Å². The van der Waals surface area contributed by atoms with Gasteiger partial charge in [-0.3, -0.25) is 37.4 Å². The summed E-state index contributed by atoms with van der Waals surface area (Å²) in [5, 5.41) is 16.4. The minimum Gasteiger partial charge on any atom is -0.341 e. The molecule has 0 bridgehead atoms. The third-order valence-electron chi connectivity index (χ3n) is 12.5. The molecule has 0 saturated carbocycles. The van der Waals surface area contributed by atoms with E-state index >= 15 is 0 Å². The SMILES string of the molecule is CCCn1c(=O)c2c(nc(N3CCNCC3)n2Cc2ccccc2I)n(Cc2ccccc2)c1=O.N#Cc1ccccc1Cn1c(N2CCCNCC2)nc2c1c(=O)[nH]c(=O)n2Cc1ccccc1. The number of piperazine rings is 1. The van der Waals surface area contributed by atoms with E-state index in [0.717, 1.165) is 90.6 Å². The predicted octanol–water partition coefficient (Wildman–Crippen LogP) is 4.53. The minimum absolute atomic E-state index is 0.268. The number of rotatable bonds is 12. The molecule has 69 heavy (non-hydrogen) atoms. The van der Waals surface area contributed by atoms with Crippen LogP contribution in [0.15, 0.2) is 128 Å². The molecule has 3 N–H and O–H groups in total. The van der Waals surface area contributed by atoms with Crippen molar-refractivity contribution in [2.45, 2.75) is 52.5 Å². The molecule has 8 aromatic rings. The first-order valence-electron chi connectivity index (χ1n) is 23.4. The number of fused-ring (bicyclic) bond motifs is 2. The summed E-state index contributed by atoms with van der Waals surface area (Å²) in [6.07, 6.45) is 1.63. The van der Waals surface area contributed by atoms with E-state index in [0.29, 0.717) is 73.0 Å². The molecule has 2 aliphatic rings. The Bertz CT molecular complexity index is 3370. The molecule has 2 aliphatic heterocycles. The number of nitrogens with one attached hydrogen (secondary N) is 3. The standard InChI is InChI=1S/C26H29IN6O2.C25H25N7O2/c1-2-14-31-24(34)22-23(33(26(31)35)17-19-8-4-3-5-9-19)29-25(30-15-12-28-13-16-30)32(22)18-20-10-6-7-11-21(20)27;26-15-19-9-4-5-10-20(19)17-31-21-22(28-24(31)30-13-6-11-27-12-14-30)32(25(34)29-23(21)33)16-18-7-2-1-3-8-18/h3-11,28H,2,12-18H2,1H3;1-5,7-10,27H,6,11-14,16-17H2,(H,29,33,34). The lowest BCUT2D eigenvalue weighted by Crippen LogP contribution is -2.44. The smallest absolute Gasteiger partial charge is 0.333 e. The normalized spacial score (nSPS) is 14.1. The molecule has 4 aromatic heterocycles. The van der Waals surface area contributed by atoms with Gasteiger partial charge in [0.1, 0.15) is 0 Å². The highest BCUT2D eigenvalue weighted by Crippen LogP contribution is 2.26. The molecule has 6 heterocycles. The second kappa shape index (κ2) is 21.5. The fraction of sp³-hybridized carbons (Fsp3) is 0.314. The molecule has 18 heteroatoms.